The molecule has 0 aromatic heterocycles. The standard InChI is InChI=1S/C20H34N4O3/c1-19(2,3)27-18(25)24-20(4,5)14-23-17(21-6)22-13-16(26-7)15-11-9-8-10-12-15/h8-12,16H,13-14H2,1-7H3,(H,24,25)(H2,21,22,23). The highest BCUT2D eigenvalue weighted by molar-refractivity contribution is 5.79. The Hall–Kier alpha value is -2.28. The number of rotatable bonds is 7. The number of carbonyl (C=O) groups is 1. The van der Waals surface area contributed by atoms with Crippen LogP contribution in [0.2, 0.25) is 0 Å². The van der Waals surface area contributed by atoms with Crippen LogP contribution in [-0.4, -0.2) is 50.4 Å². The molecule has 0 radical (unpaired) electrons. The third kappa shape index (κ3) is 9.28. The van der Waals surface area contributed by atoms with Crippen molar-refractivity contribution in [1.82, 2.24) is 16.0 Å². The van der Waals surface area contributed by atoms with Gasteiger partial charge in [-0.25, -0.2) is 4.79 Å². The maximum Gasteiger partial charge on any atom is 0.408 e. The highest BCUT2D eigenvalue weighted by Crippen LogP contribution is 2.14. The molecule has 0 fully saturated rings. The predicted molar refractivity (Wildman–Crippen MR) is 109 cm³/mol. The first-order chi connectivity index (χ1) is 12.6. The van der Waals surface area contributed by atoms with Crippen LogP contribution in [0.25, 0.3) is 0 Å². The highest BCUT2D eigenvalue weighted by atomic mass is 16.6. The molecule has 1 aromatic carbocycles. The van der Waals surface area contributed by atoms with Crippen molar-refractivity contribution in [2.45, 2.75) is 51.9 Å². The van der Waals surface area contributed by atoms with Gasteiger partial charge in [0.25, 0.3) is 0 Å². The minimum Gasteiger partial charge on any atom is -0.444 e. The average Bonchev–Trinajstić information content (AvgIpc) is 2.56. The van der Waals surface area contributed by atoms with Crippen LogP contribution in [0.5, 0.6) is 0 Å². The van der Waals surface area contributed by atoms with Crippen molar-refractivity contribution in [3.05, 3.63) is 35.9 Å². The summed E-state index contributed by atoms with van der Waals surface area (Å²) in [7, 11) is 3.39. The molecule has 3 N–H and O–H groups in total. The molecule has 1 aromatic rings. The Balaban J connectivity index is 2.52. The van der Waals surface area contributed by atoms with Crippen LogP contribution < -0.4 is 16.0 Å². The van der Waals surface area contributed by atoms with Gasteiger partial charge in [-0.15, -0.1) is 0 Å². The van der Waals surface area contributed by atoms with Gasteiger partial charge in [0.1, 0.15) is 5.60 Å². The second kappa shape index (κ2) is 10.2. The molecule has 0 aliphatic rings. The molecule has 0 saturated heterocycles. The van der Waals surface area contributed by atoms with Gasteiger partial charge in [0.2, 0.25) is 0 Å². The van der Waals surface area contributed by atoms with Crippen LogP contribution in [0.15, 0.2) is 35.3 Å². The molecule has 0 bridgehead atoms. The summed E-state index contributed by atoms with van der Waals surface area (Å²) in [5.41, 5.74) is 0.0487. The highest BCUT2D eigenvalue weighted by Gasteiger charge is 2.24. The molecular formula is C20H34N4O3. The van der Waals surface area contributed by atoms with E-state index in [2.05, 4.69) is 20.9 Å². The van der Waals surface area contributed by atoms with E-state index in [4.69, 9.17) is 9.47 Å². The Labute approximate surface area is 162 Å². The van der Waals surface area contributed by atoms with E-state index in [1.165, 1.54) is 0 Å². The molecule has 0 aliphatic heterocycles. The minimum atomic E-state index is -0.530. The fourth-order valence-corrected chi connectivity index (χ4v) is 2.34. The lowest BCUT2D eigenvalue weighted by atomic mass is 10.1. The van der Waals surface area contributed by atoms with Crippen molar-refractivity contribution in [2.24, 2.45) is 4.99 Å². The maximum atomic E-state index is 12.0. The van der Waals surface area contributed by atoms with Crippen molar-refractivity contribution in [3.63, 3.8) is 0 Å². The van der Waals surface area contributed by atoms with Gasteiger partial charge < -0.3 is 25.4 Å². The Morgan fingerprint density at radius 1 is 1.11 bits per heavy atom. The first-order valence-electron chi connectivity index (χ1n) is 9.10. The van der Waals surface area contributed by atoms with Crippen molar-refractivity contribution < 1.29 is 14.3 Å². The number of benzene rings is 1. The van der Waals surface area contributed by atoms with Crippen LogP contribution in [0.3, 0.4) is 0 Å². The van der Waals surface area contributed by atoms with Crippen molar-refractivity contribution in [1.29, 1.82) is 0 Å². The zero-order valence-corrected chi connectivity index (χ0v) is 17.6. The van der Waals surface area contributed by atoms with E-state index in [1.54, 1.807) is 14.2 Å². The molecule has 0 saturated carbocycles. The third-order valence-electron chi connectivity index (χ3n) is 3.67. The Morgan fingerprint density at radius 3 is 2.26 bits per heavy atom. The summed E-state index contributed by atoms with van der Waals surface area (Å²) in [6, 6.07) is 10.0. The number of amides is 1. The van der Waals surface area contributed by atoms with Crippen molar-refractivity contribution >= 4 is 12.1 Å². The van der Waals surface area contributed by atoms with Crippen LogP contribution in [-0.2, 0) is 9.47 Å². The predicted octanol–water partition coefficient (Wildman–Crippen LogP) is 2.84. The maximum absolute atomic E-state index is 12.0. The molecule has 1 amide bonds. The monoisotopic (exact) mass is 378 g/mol. The van der Waals surface area contributed by atoms with E-state index >= 15 is 0 Å². The number of carbonyl (C=O) groups excluding carboxylic acids is 1. The second-order valence-corrected chi connectivity index (χ2v) is 7.95. The number of methoxy groups -OCH3 is 1. The first kappa shape index (κ1) is 22.8. The molecule has 0 aliphatic carbocycles. The van der Waals surface area contributed by atoms with Gasteiger partial charge in [-0.3, -0.25) is 4.99 Å². The van der Waals surface area contributed by atoms with E-state index in [0.717, 1.165) is 5.56 Å². The molecule has 7 heteroatoms. The summed E-state index contributed by atoms with van der Waals surface area (Å²) < 4.78 is 10.9. The molecule has 7 nitrogen and oxygen atoms in total. The number of hydrogen-bond donors (Lipinski definition) is 3. The average molecular weight is 379 g/mol. The summed E-state index contributed by atoms with van der Waals surface area (Å²) in [5, 5.41) is 9.34. The zero-order chi connectivity index (χ0) is 20.5. The number of alkyl carbamates (subject to hydrolysis) is 1. The molecule has 0 heterocycles. The number of hydrogen-bond acceptors (Lipinski definition) is 4. The summed E-state index contributed by atoms with van der Waals surface area (Å²) in [6.45, 7) is 10.4. The number of guanidine groups is 1. The van der Waals surface area contributed by atoms with Gasteiger partial charge in [-0.2, -0.15) is 0 Å². The van der Waals surface area contributed by atoms with Gasteiger partial charge in [-0.1, -0.05) is 30.3 Å². The lowest BCUT2D eigenvalue weighted by Crippen LogP contribution is -2.54. The van der Waals surface area contributed by atoms with E-state index < -0.39 is 17.2 Å². The summed E-state index contributed by atoms with van der Waals surface area (Å²) in [6.07, 6.45) is -0.529. The molecule has 1 atom stereocenters. The van der Waals surface area contributed by atoms with Crippen molar-refractivity contribution in [2.75, 3.05) is 27.2 Å². The van der Waals surface area contributed by atoms with E-state index in [-0.39, 0.29) is 6.10 Å². The SMILES string of the molecule is CN=C(NCC(OC)c1ccccc1)NCC(C)(C)NC(=O)OC(C)(C)C. The van der Waals surface area contributed by atoms with Crippen LogP contribution in [0, 0.1) is 0 Å². The number of aliphatic imine (C=N–C) groups is 1. The smallest absolute Gasteiger partial charge is 0.408 e. The summed E-state index contributed by atoms with van der Waals surface area (Å²) in [5.74, 6) is 0.632. The van der Waals surface area contributed by atoms with E-state index in [0.29, 0.717) is 19.0 Å². The summed E-state index contributed by atoms with van der Waals surface area (Å²) in [4.78, 5) is 16.2. The van der Waals surface area contributed by atoms with Gasteiger partial charge >= 0.3 is 6.09 Å². The molecule has 1 rings (SSSR count). The van der Waals surface area contributed by atoms with Gasteiger partial charge in [0.15, 0.2) is 5.96 Å². The normalized spacial score (nSPS) is 13.7. The number of nitrogens with one attached hydrogen (secondary N) is 3. The molecule has 27 heavy (non-hydrogen) atoms. The van der Waals surface area contributed by atoms with Crippen LogP contribution in [0.4, 0.5) is 4.79 Å². The topological polar surface area (TPSA) is 84.0 Å². The van der Waals surface area contributed by atoms with E-state index in [9.17, 15) is 4.79 Å². The Morgan fingerprint density at radius 2 is 1.74 bits per heavy atom. The quantitative estimate of drug-likeness (QED) is 0.502. The minimum absolute atomic E-state index is 0.0855. The number of ether oxygens (including phenoxy) is 2. The van der Waals surface area contributed by atoms with Gasteiger partial charge in [-0.05, 0) is 40.2 Å². The van der Waals surface area contributed by atoms with Gasteiger partial charge in [0.05, 0.1) is 11.6 Å². The zero-order valence-electron chi connectivity index (χ0n) is 17.6. The second-order valence-electron chi connectivity index (χ2n) is 7.95. The number of nitrogens with zero attached hydrogens (tertiary/aromatic N) is 1. The largest absolute Gasteiger partial charge is 0.444 e. The Kier molecular flexibility index (Phi) is 8.56. The lowest BCUT2D eigenvalue weighted by Gasteiger charge is -2.29. The molecular weight excluding hydrogens is 344 g/mol. The third-order valence-corrected chi connectivity index (χ3v) is 3.67. The van der Waals surface area contributed by atoms with E-state index in [1.807, 2.05) is 65.0 Å². The fourth-order valence-electron chi connectivity index (χ4n) is 2.34. The molecule has 152 valence electrons. The van der Waals surface area contributed by atoms with Crippen LogP contribution in [0.1, 0.15) is 46.3 Å². The fraction of sp³-hybridized carbons (Fsp3) is 0.600. The van der Waals surface area contributed by atoms with Crippen molar-refractivity contribution in [3.8, 4) is 0 Å². The lowest BCUT2D eigenvalue weighted by molar-refractivity contribution is 0.0474. The molecule has 0 spiro atoms. The first-order valence-corrected chi connectivity index (χ1v) is 9.10. The van der Waals surface area contributed by atoms with Crippen LogP contribution >= 0.6 is 0 Å². The van der Waals surface area contributed by atoms with Gasteiger partial charge in [0, 0.05) is 27.2 Å². The Bertz CT molecular complexity index is 609. The summed E-state index contributed by atoms with van der Waals surface area (Å²) >= 11 is 0. The molecule has 1 unspecified atom stereocenters.